The summed E-state index contributed by atoms with van der Waals surface area (Å²) in [5.74, 6) is 0.799. The summed E-state index contributed by atoms with van der Waals surface area (Å²) in [4.78, 5) is 24.4. The van der Waals surface area contributed by atoms with Gasteiger partial charge in [0.15, 0.2) is 6.61 Å². The fourth-order valence-electron chi connectivity index (χ4n) is 3.87. The molecule has 5 heteroatoms. The second-order valence-electron chi connectivity index (χ2n) is 7.82. The lowest BCUT2D eigenvalue weighted by Gasteiger charge is -2.14. The van der Waals surface area contributed by atoms with Gasteiger partial charge in [-0.3, -0.25) is 0 Å². The number of aryl methyl sites for hydroxylation is 2. The first-order valence-corrected chi connectivity index (χ1v) is 9.95. The van der Waals surface area contributed by atoms with Gasteiger partial charge in [-0.05, 0) is 67.0 Å². The third kappa shape index (κ3) is 3.90. The molecule has 29 heavy (non-hydrogen) atoms. The van der Waals surface area contributed by atoms with Crippen LogP contribution in [-0.4, -0.2) is 12.6 Å². The number of fused-ring (bicyclic) bond motifs is 3. The molecular formula is C24H24O5. The van der Waals surface area contributed by atoms with E-state index in [2.05, 4.69) is 13.8 Å². The highest BCUT2D eigenvalue weighted by atomic mass is 16.6. The highest BCUT2D eigenvalue weighted by Gasteiger charge is 2.20. The topological polar surface area (TPSA) is 65.7 Å². The van der Waals surface area contributed by atoms with Gasteiger partial charge in [-0.15, -0.1) is 0 Å². The van der Waals surface area contributed by atoms with Crippen LogP contribution >= 0.6 is 0 Å². The molecule has 0 fully saturated rings. The van der Waals surface area contributed by atoms with Gasteiger partial charge in [-0.2, -0.15) is 0 Å². The second-order valence-corrected chi connectivity index (χ2v) is 7.82. The van der Waals surface area contributed by atoms with Gasteiger partial charge in [0.05, 0.1) is 0 Å². The zero-order valence-electron chi connectivity index (χ0n) is 16.9. The summed E-state index contributed by atoms with van der Waals surface area (Å²) >= 11 is 0. The fraction of sp³-hybridized carbons (Fsp3) is 0.333. The number of esters is 1. The summed E-state index contributed by atoms with van der Waals surface area (Å²) in [6.07, 6.45) is 2.60. The molecule has 0 N–H and O–H groups in total. The highest BCUT2D eigenvalue weighted by Crippen LogP contribution is 2.30. The van der Waals surface area contributed by atoms with Crippen molar-refractivity contribution in [2.24, 2.45) is 0 Å². The molecule has 0 atom stereocenters. The van der Waals surface area contributed by atoms with Gasteiger partial charge in [0.1, 0.15) is 17.1 Å². The van der Waals surface area contributed by atoms with Crippen LogP contribution < -0.4 is 15.1 Å². The normalized spacial score (nSPS) is 13.0. The van der Waals surface area contributed by atoms with Crippen LogP contribution in [0, 0.1) is 6.92 Å². The molecule has 2 aromatic carbocycles. The molecule has 0 spiro atoms. The molecule has 5 nitrogen and oxygen atoms in total. The number of benzene rings is 2. The first-order valence-electron chi connectivity index (χ1n) is 9.95. The molecule has 1 aromatic heterocycles. The smallest absolute Gasteiger partial charge is 0.349 e. The molecule has 1 aliphatic rings. The Bertz CT molecular complexity index is 1140. The first-order chi connectivity index (χ1) is 13.9. The van der Waals surface area contributed by atoms with Gasteiger partial charge in [0, 0.05) is 17.0 Å². The zero-order chi connectivity index (χ0) is 20.5. The van der Waals surface area contributed by atoms with Crippen molar-refractivity contribution in [1.82, 2.24) is 0 Å². The van der Waals surface area contributed by atoms with Crippen molar-refractivity contribution < 1.29 is 18.7 Å². The van der Waals surface area contributed by atoms with Crippen LogP contribution in [0.3, 0.4) is 0 Å². The molecule has 0 unspecified atom stereocenters. The molecule has 0 saturated carbocycles. The predicted molar refractivity (Wildman–Crippen MR) is 111 cm³/mol. The van der Waals surface area contributed by atoms with Gasteiger partial charge >= 0.3 is 11.6 Å². The summed E-state index contributed by atoms with van der Waals surface area (Å²) < 4.78 is 16.6. The summed E-state index contributed by atoms with van der Waals surface area (Å²) in [7, 11) is 0. The first kappa shape index (κ1) is 19.2. The van der Waals surface area contributed by atoms with Crippen LogP contribution in [0.15, 0.2) is 45.6 Å². The molecule has 1 heterocycles. The summed E-state index contributed by atoms with van der Waals surface area (Å²) in [6.45, 7) is 5.94. The average molecular weight is 392 g/mol. The highest BCUT2D eigenvalue weighted by molar-refractivity contribution is 5.84. The Balaban J connectivity index is 1.49. The number of carbonyl (C=O) groups is 1. The van der Waals surface area contributed by atoms with Crippen molar-refractivity contribution in [1.29, 1.82) is 0 Å². The van der Waals surface area contributed by atoms with Crippen LogP contribution in [0.4, 0.5) is 0 Å². The van der Waals surface area contributed by atoms with Crippen LogP contribution in [0.25, 0.3) is 11.0 Å². The standard InChI is InChI=1S/C24H24O5/c1-14(2)17-9-7-15(3)11-21(17)27-13-23(25)28-16-8-10-19-18-5-4-6-20(18)24(26)29-22(19)12-16/h7-12,14H,4-6,13H2,1-3H3. The maximum atomic E-state index is 12.3. The van der Waals surface area contributed by atoms with E-state index >= 15 is 0 Å². The van der Waals surface area contributed by atoms with Crippen LogP contribution in [0.2, 0.25) is 0 Å². The SMILES string of the molecule is Cc1ccc(C(C)C)c(OCC(=O)Oc2ccc3c4c(c(=O)oc3c2)CCC4)c1. The van der Waals surface area contributed by atoms with Crippen LogP contribution in [0.5, 0.6) is 11.5 Å². The molecular weight excluding hydrogens is 368 g/mol. The number of hydrogen-bond acceptors (Lipinski definition) is 5. The Morgan fingerprint density at radius 2 is 1.90 bits per heavy atom. The maximum Gasteiger partial charge on any atom is 0.349 e. The third-order valence-corrected chi connectivity index (χ3v) is 5.31. The van der Waals surface area contributed by atoms with Gasteiger partial charge in [-0.25, -0.2) is 9.59 Å². The van der Waals surface area contributed by atoms with E-state index in [1.165, 1.54) is 0 Å². The van der Waals surface area contributed by atoms with Crippen molar-refractivity contribution in [3.63, 3.8) is 0 Å². The summed E-state index contributed by atoms with van der Waals surface area (Å²) in [5.41, 5.74) is 4.09. The fourth-order valence-corrected chi connectivity index (χ4v) is 3.87. The summed E-state index contributed by atoms with van der Waals surface area (Å²) in [6, 6.07) is 11.1. The summed E-state index contributed by atoms with van der Waals surface area (Å²) in [5, 5.41) is 0.912. The monoisotopic (exact) mass is 392 g/mol. The lowest BCUT2D eigenvalue weighted by molar-refractivity contribution is -0.136. The van der Waals surface area contributed by atoms with Crippen molar-refractivity contribution in [2.75, 3.05) is 6.61 Å². The Morgan fingerprint density at radius 1 is 1.10 bits per heavy atom. The van der Waals surface area contributed by atoms with Crippen molar-refractivity contribution >= 4 is 16.9 Å². The van der Waals surface area contributed by atoms with E-state index in [9.17, 15) is 9.59 Å². The van der Waals surface area contributed by atoms with E-state index in [0.29, 0.717) is 17.1 Å². The quantitative estimate of drug-likeness (QED) is 0.358. The van der Waals surface area contributed by atoms with Crippen molar-refractivity contribution in [2.45, 2.75) is 46.0 Å². The van der Waals surface area contributed by atoms with Crippen LogP contribution in [0.1, 0.15) is 48.4 Å². The molecule has 3 aromatic rings. The number of carbonyl (C=O) groups excluding carboxylic acids is 1. The Morgan fingerprint density at radius 3 is 2.69 bits per heavy atom. The minimum Gasteiger partial charge on any atom is -0.482 e. The average Bonchev–Trinajstić information content (AvgIpc) is 3.17. The van der Waals surface area contributed by atoms with Gasteiger partial charge in [-0.1, -0.05) is 26.0 Å². The van der Waals surface area contributed by atoms with Gasteiger partial charge in [0.2, 0.25) is 0 Å². The predicted octanol–water partition coefficient (Wildman–Crippen LogP) is 4.70. The maximum absolute atomic E-state index is 12.3. The number of ether oxygens (including phenoxy) is 2. The molecule has 0 amide bonds. The van der Waals surface area contributed by atoms with Crippen LogP contribution in [-0.2, 0) is 17.6 Å². The number of rotatable bonds is 5. The lowest BCUT2D eigenvalue weighted by atomic mass is 10.0. The van der Waals surface area contributed by atoms with E-state index in [4.69, 9.17) is 13.9 Å². The number of hydrogen-bond donors (Lipinski definition) is 0. The minimum absolute atomic E-state index is 0.199. The van der Waals surface area contributed by atoms with Gasteiger partial charge < -0.3 is 13.9 Å². The largest absolute Gasteiger partial charge is 0.482 e. The molecule has 0 radical (unpaired) electrons. The second kappa shape index (κ2) is 7.74. The Hall–Kier alpha value is -3.08. The Labute approximate surface area is 169 Å². The molecule has 1 aliphatic carbocycles. The Kier molecular flexibility index (Phi) is 5.14. The van der Waals surface area contributed by atoms with E-state index in [0.717, 1.165) is 46.9 Å². The third-order valence-electron chi connectivity index (χ3n) is 5.31. The van der Waals surface area contributed by atoms with Gasteiger partial charge in [0.25, 0.3) is 0 Å². The van der Waals surface area contributed by atoms with Crippen molar-refractivity contribution in [3.8, 4) is 11.5 Å². The molecule has 0 aliphatic heterocycles. The van der Waals surface area contributed by atoms with E-state index in [1.807, 2.05) is 31.2 Å². The molecule has 0 saturated heterocycles. The lowest BCUT2D eigenvalue weighted by Crippen LogP contribution is -2.18. The van der Waals surface area contributed by atoms with E-state index < -0.39 is 5.97 Å². The van der Waals surface area contributed by atoms with Crippen molar-refractivity contribution in [3.05, 3.63) is 69.1 Å². The van der Waals surface area contributed by atoms with E-state index in [-0.39, 0.29) is 18.2 Å². The molecule has 4 rings (SSSR count). The molecule has 0 bridgehead atoms. The minimum atomic E-state index is -0.510. The zero-order valence-corrected chi connectivity index (χ0v) is 16.9. The molecule has 150 valence electrons. The van der Waals surface area contributed by atoms with E-state index in [1.54, 1.807) is 12.1 Å².